The Morgan fingerprint density at radius 2 is 2.00 bits per heavy atom. The molecule has 0 aliphatic carbocycles. The molecular weight excluding hydrogens is 354 g/mol. The van der Waals surface area contributed by atoms with E-state index >= 15 is 0 Å². The first-order chi connectivity index (χ1) is 12.3. The number of benzene rings is 1. The molecule has 0 fully saturated rings. The van der Waals surface area contributed by atoms with Crippen LogP contribution in [0.4, 0.5) is 5.69 Å². The average Bonchev–Trinajstić information content (AvgIpc) is 3.00. The average molecular weight is 373 g/mol. The first-order valence-electron chi connectivity index (χ1n) is 8.06. The second-order valence-electron chi connectivity index (χ2n) is 5.90. The molecule has 7 nitrogen and oxygen atoms in total. The van der Waals surface area contributed by atoms with Gasteiger partial charge in [-0.15, -0.1) is 0 Å². The summed E-state index contributed by atoms with van der Waals surface area (Å²) in [5.74, 6) is -0.503. The molecule has 0 amide bonds. The van der Waals surface area contributed by atoms with Gasteiger partial charge in [-0.25, -0.2) is 17.7 Å². The molecule has 1 aromatic carbocycles. The van der Waals surface area contributed by atoms with E-state index in [0.717, 1.165) is 5.56 Å². The number of fused-ring (bicyclic) bond motifs is 1. The van der Waals surface area contributed by atoms with Gasteiger partial charge in [0.25, 0.3) is 10.0 Å². The highest BCUT2D eigenvalue weighted by Gasteiger charge is 2.19. The molecule has 0 aliphatic rings. The molecule has 8 heteroatoms. The molecule has 2 aromatic heterocycles. The fourth-order valence-corrected chi connectivity index (χ4v) is 4.00. The highest BCUT2D eigenvalue weighted by Crippen LogP contribution is 2.22. The van der Waals surface area contributed by atoms with Gasteiger partial charge in [0.2, 0.25) is 0 Å². The summed E-state index contributed by atoms with van der Waals surface area (Å²) >= 11 is 0. The van der Waals surface area contributed by atoms with Crippen LogP contribution in [0.25, 0.3) is 5.52 Å². The highest BCUT2D eigenvalue weighted by molar-refractivity contribution is 7.92. The number of rotatable bonds is 5. The zero-order valence-corrected chi connectivity index (χ0v) is 15.5. The number of aryl methyl sites for hydroxylation is 2. The van der Waals surface area contributed by atoms with Crippen molar-refractivity contribution in [2.45, 2.75) is 25.7 Å². The van der Waals surface area contributed by atoms with Gasteiger partial charge in [-0.2, -0.15) is 5.10 Å². The topological polar surface area (TPSA) is 89.8 Å². The van der Waals surface area contributed by atoms with E-state index < -0.39 is 16.0 Å². The molecule has 26 heavy (non-hydrogen) atoms. The predicted molar refractivity (Wildman–Crippen MR) is 97.9 cm³/mol. The molecule has 136 valence electrons. The predicted octanol–water partition coefficient (Wildman–Crippen LogP) is 2.93. The fraction of sp³-hybridized carbons (Fsp3) is 0.222. The summed E-state index contributed by atoms with van der Waals surface area (Å²) in [7, 11) is -3.76. The smallest absolute Gasteiger partial charge is 0.341 e. The molecule has 2 heterocycles. The van der Waals surface area contributed by atoms with Crippen molar-refractivity contribution >= 4 is 27.2 Å². The third-order valence-electron chi connectivity index (χ3n) is 3.90. The Labute approximate surface area is 151 Å². The van der Waals surface area contributed by atoms with E-state index in [2.05, 4.69) is 9.82 Å². The van der Waals surface area contributed by atoms with Crippen LogP contribution in [0.1, 0.15) is 28.4 Å². The maximum atomic E-state index is 12.7. The summed E-state index contributed by atoms with van der Waals surface area (Å²) in [6.45, 7) is 5.54. The van der Waals surface area contributed by atoms with Gasteiger partial charge in [0.05, 0.1) is 28.9 Å². The molecular formula is C18H19N3O4S. The molecule has 0 unspecified atom stereocenters. The maximum Gasteiger partial charge on any atom is 0.341 e. The van der Waals surface area contributed by atoms with Gasteiger partial charge in [0, 0.05) is 6.20 Å². The van der Waals surface area contributed by atoms with Crippen molar-refractivity contribution < 1.29 is 17.9 Å². The minimum atomic E-state index is -3.76. The van der Waals surface area contributed by atoms with E-state index in [0.29, 0.717) is 16.8 Å². The largest absolute Gasteiger partial charge is 0.462 e. The van der Waals surface area contributed by atoms with E-state index in [-0.39, 0.29) is 17.1 Å². The first-order valence-corrected chi connectivity index (χ1v) is 9.54. The van der Waals surface area contributed by atoms with Crippen molar-refractivity contribution in [3.63, 3.8) is 0 Å². The van der Waals surface area contributed by atoms with Crippen LogP contribution in [0.15, 0.2) is 47.6 Å². The summed E-state index contributed by atoms with van der Waals surface area (Å²) in [4.78, 5) is 12.2. The van der Waals surface area contributed by atoms with Crippen LogP contribution >= 0.6 is 0 Å². The SMILES string of the molecule is CCOC(=O)c1cnn2ccc(NS(=O)(=O)c3cc(C)ccc3C)cc12. The van der Waals surface area contributed by atoms with Crippen LogP contribution in [0.3, 0.4) is 0 Å². The number of hydrogen-bond donors (Lipinski definition) is 1. The van der Waals surface area contributed by atoms with Crippen molar-refractivity contribution in [3.05, 3.63) is 59.4 Å². The number of pyridine rings is 1. The summed E-state index contributed by atoms with van der Waals surface area (Å²) in [6, 6.07) is 8.39. The van der Waals surface area contributed by atoms with Gasteiger partial charge in [0.1, 0.15) is 5.56 Å². The van der Waals surface area contributed by atoms with Crippen LogP contribution < -0.4 is 4.72 Å². The van der Waals surface area contributed by atoms with Crippen LogP contribution in [0, 0.1) is 13.8 Å². The molecule has 0 atom stereocenters. The Hall–Kier alpha value is -2.87. The number of nitrogens with zero attached hydrogens (tertiary/aromatic N) is 2. The Morgan fingerprint density at radius 3 is 2.73 bits per heavy atom. The summed E-state index contributed by atoms with van der Waals surface area (Å²) in [5.41, 5.74) is 2.58. The number of esters is 1. The monoisotopic (exact) mass is 373 g/mol. The molecule has 0 saturated heterocycles. The van der Waals surface area contributed by atoms with Gasteiger partial charge in [-0.1, -0.05) is 12.1 Å². The third-order valence-corrected chi connectivity index (χ3v) is 5.43. The normalized spacial score (nSPS) is 11.5. The molecule has 1 N–H and O–H groups in total. The second kappa shape index (κ2) is 6.80. The van der Waals surface area contributed by atoms with Crippen molar-refractivity contribution in [2.24, 2.45) is 0 Å². The third kappa shape index (κ3) is 3.41. The van der Waals surface area contributed by atoms with E-state index in [9.17, 15) is 13.2 Å². The number of carbonyl (C=O) groups is 1. The number of nitrogens with one attached hydrogen (secondary N) is 1. The van der Waals surface area contributed by atoms with Gasteiger partial charge in [-0.3, -0.25) is 4.72 Å². The van der Waals surface area contributed by atoms with Crippen LogP contribution in [0.2, 0.25) is 0 Å². The minimum absolute atomic E-state index is 0.219. The van der Waals surface area contributed by atoms with Crippen molar-refractivity contribution in [2.75, 3.05) is 11.3 Å². The van der Waals surface area contributed by atoms with E-state index in [1.165, 1.54) is 10.7 Å². The van der Waals surface area contributed by atoms with E-state index in [4.69, 9.17) is 4.74 Å². The molecule has 3 aromatic rings. The molecule has 0 spiro atoms. The zero-order valence-electron chi connectivity index (χ0n) is 14.7. The summed E-state index contributed by atoms with van der Waals surface area (Å²) in [5, 5.41) is 4.08. The van der Waals surface area contributed by atoms with Gasteiger partial charge >= 0.3 is 5.97 Å². The van der Waals surface area contributed by atoms with E-state index in [1.807, 2.05) is 13.0 Å². The summed E-state index contributed by atoms with van der Waals surface area (Å²) < 4.78 is 34.5. The number of carbonyl (C=O) groups excluding carboxylic acids is 1. The number of ether oxygens (including phenoxy) is 1. The minimum Gasteiger partial charge on any atom is -0.462 e. The van der Waals surface area contributed by atoms with Gasteiger partial charge in [0.15, 0.2) is 0 Å². The molecule has 3 rings (SSSR count). The van der Waals surface area contributed by atoms with Crippen LogP contribution in [-0.2, 0) is 14.8 Å². The zero-order chi connectivity index (χ0) is 18.9. The van der Waals surface area contributed by atoms with E-state index in [1.54, 1.807) is 44.3 Å². The lowest BCUT2D eigenvalue weighted by molar-refractivity contribution is 0.0528. The van der Waals surface area contributed by atoms with Crippen molar-refractivity contribution in [1.82, 2.24) is 9.61 Å². The second-order valence-corrected chi connectivity index (χ2v) is 7.55. The lowest BCUT2D eigenvalue weighted by Crippen LogP contribution is -2.14. The molecule has 0 aliphatic heterocycles. The standard InChI is InChI=1S/C18H19N3O4S/c1-4-25-18(22)15-11-19-21-8-7-14(10-16(15)21)20-26(23,24)17-9-12(2)5-6-13(17)3/h5-11,20H,4H2,1-3H3. The highest BCUT2D eigenvalue weighted by atomic mass is 32.2. The number of hydrogen-bond acceptors (Lipinski definition) is 5. The summed E-state index contributed by atoms with van der Waals surface area (Å²) in [6.07, 6.45) is 2.98. The quantitative estimate of drug-likeness (QED) is 0.695. The Balaban J connectivity index is 1.99. The van der Waals surface area contributed by atoms with Crippen LogP contribution in [0.5, 0.6) is 0 Å². The van der Waals surface area contributed by atoms with Gasteiger partial charge < -0.3 is 4.74 Å². The molecule has 0 radical (unpaired) electrons. The van der Waals surface area contributed by atoms with Crippen LogP contribution in [-0.4, -0.2) is 30.6 Å². The molecule has 0 saturated carbocycles. The molecule has 0 bridgehead atoms. The number of aromatic nitrogens is 2. The first kappa shape index (κ1) is 17.9. The van der Waals surface area contributed by atoms with Crippen molar-refractivity contribution in [3.8, 4) is 0 Å². The number of anilines is 1. The Morgan fingerprint density at radius 1 is 1.23 bits per heavy atom. The lowest BCUT2D eigenvalue weighted by atomic mass is 10.2. The fourth-order valence-electron chi connectivity index (χ4n) is 2.62. The Bertz CT molecular complexity index is 1090. The lowest BCUT2D eigenvalue weighted by Gasteiger charge is -2.11. The number of sulfonamides is 1. The van der Waals surface area contributed by atoms with Crippen molar-refractivity contribution in [1.29, 1.82) is 0 Å². The Kier molecular flexibility index (Phi) is 4.69. The van der Waals surface area contributed by atoms with Gasteiger partial charge in [-0.05, 0) is 50.1 Å². The maximum absolute atomic E-state index is 12.7.